The van der Waals surface area contributed by atoms with Crippen molar-refractivity contribution in [2.24, 2.45) is 0 Å². The standard InChI is InChI=1S/C15H13Br2FO/c1-9-3-4-14(19-2)13(5-9)15(17)10-6-11(16)8-12(18)7-10/h3-8,15H,1-2H3. The minimum Gasteiger partial charge on any atom is -0.496 e. The Labute approximate surface area is 129 Å². The Morgan fingerprint density at radius 3 is 2.53 bits per heavy atom. The van der Waals surface area contributed by atoms with Gasteiger partial charge in [0, 0.05) is 10.0 Å². The van der Waals surface area contributed by atoms with Gasteiger partial charge in [-0.3, -0.25) is 0 Å². The van der Waals surface area contributed by atoms with Crippen LogP contribution in [0.25, 0.3) is 0 Å². The molecule has 0 aliphatic carbocycles. The largest absolute Gasteiger partial charge is 0.496 e. The molecule has 0 aliphatic rings. The number of hydrogen-bond donors (Lipinski definition) is 0. The highest BCUT2D eigenvalue weighted by molar-refractivity contribution is 9.10. The topological polar surface area (TPSA) is 9.23 Å². The summed E-state index contributed by atoms with van der Waals surface area (Å²) in [4.78, 5) is -0.116. The molecule has 2 aromatic rings. The number of alkyl halides is 1. The van der Waals surface area contributed by atoms with E-state index in [2.05, 4.69) is 31.9 Å². The van der Waals surface area contributed by atoms with Crippen molar-refractivity contribution in [3.63, 3.8) is 0 Å². The Morgan fingerprint density at radius 1 is 1.16 bits per heavy atom. The molecular weight excluding hydrogens is 375 g/mol. The molecule has 0 aliphatic heterocycles. The van der Waals surface area contributed by atoms with Crippen molar-refractivity contribution in [1.29, 1.82) is 0 Å². The smallest absolute Gasteiger partial charge is 0.124 e. The van der Waals surface area contributed by atoms with Gasteiger partial charge in [-0.25, -0.2) is 4.39 Å². The van der Waals surface area contributed by atoms with Gasteiger partial charge in [-0.05, 0) is 36.8 Å². The van der Waals surface area contributed by atoms with Crippen LogP contribution in [0.4, 0.5) is 4.39 Å². The van der Waals surface area contributed by atoms with Gasteiger partial charge in [0.1, 0.15) is 11.6 Å². The fourth-order valence-electron chi connectivity index (χ4n) is 1.95. The maximum absolute atomic E-state index is 13.5. The summed E-state index contributed by atoms with van der Waals surface area (Å²) < 4.78 is 19.6. The van der Waals surface area contributed by atoms with E-state index in [4.69, 9.17) is 4.74 Å². The fourth-order valence-corrected chi connectivity index (χ4v) is 3.06. The number of aryl methyl sites for hydroxylation is 1. The zero-order valence-corrected chi connectivity index (χ0v) is 13.8. The maximum Gasteiger partial charge on any atom is 0.124 e. The van der Waals surface area contributed by atoms with Crippen LogP contribution in [0.1, 0.15) is 21.5 Å². The lowest BCUT2D eigenvalue weighted by Gasteiger charge is -2.16. The number of methoxy groups -OCH3 is 1. The minimum absolute atomic E-state index is 0.116. The van der Waals surface area contributed by atoms with E-state index in [0.717, 1.165) is 26.9 Å². The number of ether oxygens (including phenoxy) is 1. The molecule has 100 valence electrons. The van der Waals surface area contributed by atoms with Gasteiger partial charge in [0.15, 0.2) is 0 Å². The van der Waals surface area contributed by atoms with Crippen LogP contribution >= 0.6 is 31.9 Å². The van der Waals surface area contributed by atoms with Crippen LogP contribution in [-0.2, 0) is 0 Å². The van der Waals surface area contributed by atoms with E-state index in [1.165, 1.54) is 12.1 Å². The van der Waals surface area contributed by atoms with Gasteiger partial charge in [-0.1, -0.05) is 49.6 Å². The molecule has 1 nitrogen and oxygen atoms in total. The third-order valence-corrected chi connectivity index (χ3v) is 4.32. The van der Waals surface area contributed by atoms with Crippen molar-refractivity contribution in [2.45, 2.75) is 11.8 Å². The minimum atomic E-state index is -0.263. The first-order chi connectivity index (χ1) is 9.01. The molecule has 0 spiro atoms. The summed E-state index contributed by atoms with van der Waals surface area (Å²) in [6, 6.07) is 10.8. The molecule has 0 N–H and O–H groups in total. The Bertz CT molecular complexity index is 578. The third kappa shape index (κ3) is 3.37. The number of halogens is 3. The molecule has 0 aromatic heterocycles. The van der Waals surface area contributed by atoms with Crippen LogP contribution in [0.15, 0.2) is 40.9 Å². The van der Waals surface area contributed by atoms with E-state index in [-0.39, 0.29) is 10.6 Å². The highest BCUT2D eigenvalue weighted by Crippen LogP contribution is 2.38. The highest BCUT2D eigenvalue weighted by Gasteiger charge is 2.16. The lowest BCUT2D eigenvalue weighted by Crippen LogP contribution is -1.98. The molecule has 19 heavy (non-hydrogen) atoms. The average Bonchev–Trinajstić information content (AvgIpc) is 2.36. The second-order valence-electron chi connectivity index (χ2n) is 4.31. The summed E-state index contributed by atoms with van der Waals surface area (Å²) >= 11 is 6.93. The number of rotatable bonds is 3. The first-order valence-electron chi connectivity index (χ1n) is 5.76. The van der Waals surface area contributed by atoms with Crippen LogP contribution < -0.4 is 4.74 Å². The first-order valence-corrected chi connectivity index (χ1v) is 7.46. The van der Waals surface area contributed by atoms with Gasteiger partial charge < -0.3 is 4.74 Å². The van der Waals surface area contributed by atoms with Gasteiger partial charge in [0.25, 0.3) is 0 Å². The molecule has 0 amide bonds. The van der Waals surface area contributed by atoms with Crippen molar-refractivity contribution in [3.8, 4) is 5.75 Å². The molecular formula is C15H13Br2FO. The predicted molar refractivity (Wildman–Crippen MR) is 82.6 cm³/mol. The Kier molecular flexibility index (Phi) is 4.63. The van der Waals surface area contributed by atoms with E-state index < -0.39 is 0 Å². The van der Waals surface area contributed by atoms with E-state index in [1.54, 1.807) is 7.11 Å². The van der Waals surface area contributed by atoms with Crippen LogP contribution in [0.2, 0.25) is 0 Å². The molecule has 1 unspecified atom stereocenters. The molecule has 0 heterocycles. The Balaban J connectivity index is 2.48. The van der Waals surface area contributed by atoms with E-state index in [1.807, 2.05) is 31.2 Å². The van der Waals surface area contributed by atoms with E-state index in [9.17, 15) is 4.39 Å². The Hall–Kier alpha value is -0.870. The monoisotopic (exact) mass is 386 g/mol. The lowest BCUT2D eigenvalue weighted by atomic mass is 10.0. The van der Waals surface area contributed by atoms with Gasteiger partial charge >= 0.3 is 0 Å². The van der Waals surface area contributed by atoms with Crippen LogP contribution in [0, 0.1) is 12.7 Å². The molecule has 4 heteroatoms. The van der Waals surface area contributed by atoms with E-state index >= 15 is 0 Å². The number of benzene rings is 2. The van der Waals surface area contributed by atoms with Gasteiger partial charge in [0.2, 0.25) is 0 Å². The molecule has 0 radical (unpaired) electrons. The maximum atomic E-state index is 13.5. The highest BCUT2D eigenvalue weighted by atomic mass is 79.9. The first kappa shape index (κ1) is 14.5. The summed E-state index contributed by atoms with van der Waals surface area (Å²) in [6.07, 6.45) is 0. The second-order valence-corrected chi connectivity index (χ2v) is 6.14. The van der Waals surface area contributed by atoms with Crippen molar-refractivity contribution >= 4 is 31.9 Å². The van der Waals surface area contributed by atoms with Gasteiger partial charge in [-0.2, -0.15) is 0 Å². The van der Waals surface area contributed by atoms with Crippen molar-refractivity contribution in [1.82, 2.24) is 0 Å². The predicted octanol–water partition coefficient (Wildman–Crippen LogP) is 5.39. The molecule has 0 fully saturated rings. The zero-order valence-electron chi connectivity index (χ0n) is 10.6. The second kappa shape index (κ2) is 6.06. The molecule has 2 aromatic carbocycles. The van der Waals surface area contributed by atoms with Crippen molar-refractivity contribution in [2.75, 3.05) is 7.11 Å². The lowest BCUT2D eigenvalue weighted by molar-refractivity contribution is 0.410. The van der Waals surface area contributed by atoms with E-state index in [0.29, 0.717) is 0 Å². The number of hydrogen-bond acceptors (Lipinski definition) is 1. The van der Waals surface area contributed by atoms with Crippen molar-refractivity contribution in [3.05, 3.63) is 63.4 Å². The third-order valence-electron chi connectivity index (χ3n) is 2.84. The van der Waals surface area contributed by atoms with Crippen LogP contribution in [-0.4, -0.2) is 7.11 Å². The quantitative estimate of drug-likeness (QED) is 0.641. The summed E-state index contributed by atoms with van der Waals surface area (Å²) in [5, 5.41) is 0. The van der Waals surface area contributed by atoms with Crippen molar-refractivity contribution < 1.29 is 9.13 Å². The molecule has 0 bridgehead atoms. The molecule has 2 rings (SSSR count). The summed E-state index contributed by atoms with van der Waals surface area (Å²) in [5.41, 5.74) is 2.96. The van der Waals surface area contributed by atoms with Crippen LogP contribution in [0.3, 0.4) is 0 Å². The average molecular weight is 388 g/mol. The molecule has 0 saturated carbocycles. The van der Waals surface area contributed by atoms with Gasteiger partial charge in [-0.15, -0.1) is 0 Å². The molecule has 1 atom stereocenters. The normalized spacial score (nSPS) is 12.3. The molecule has 0 saturated heterocycles. The summed E-state index contributed by atoms with van der Waals surface area (Å²) in [7, 11) is 1.63. The summed E-state index contributed by atoms with van der Waals surface area (Å²) in [6.45, 7) is 2.02. The fraction of sp³-hybridized carbons (Fsp3) is 0.200. The van der Waals surface area contributed by atoms with Gasteiger partial charge in [0.05, 0.1) is 11.9 Å². The van der Waals surface area contributed by atoms with Crippen LogP contribution in [0.5, 0.6) is 5.75 Å². The zero-order chi connectivity index (χ0) is 14.0. The summed E-state index contributed by atoms with van der Waals surface area (Å²) in [5.74, 6) is 0.522. The Morgan fingerprint density at radius 2 is 1.89 bits per heavy atom. The SMILES string of the molecule is COc1ccc(C)cc1C(Br)c1cc(F)cc(Br)c1.